The highest BCUT2D eigenvalue weighted by Gasteiger charge is 2.02. The van der Waals surface area contributed by atoms with Crippen molar-refractivity contribution < 1.29 is 21.7 Å². The summed E-state index contributed by atoms with van der Waals surface area (Å²) in [5, 5.41) is 0. The quantitative estimate of drug-likeness (QED) is 0.380. The smallest absolute Gasteiger partial charge is 0.264 e. The number of rotatable bonds is 6. The lowest BCUT2D eigenvalue weighted by Crippen LogP contribution is -2.04. The maximum absolute atomic E-state index is 10.2. The standard InChI is InChI=1S/C5H12O5S2/c6-11(7)4-2-1-3-5-12(8,9)10/h1-5H2,(H,6,7)(H,8,9,10)/p-1. The molecule has 0 spiro atoms. The normalized spacial score (nSPS) is 14.5. The second kappa shape index (κ2) is 5.63. The van der Waals surface area contributed by atoms with E-state index in [0.717, 1.165) is 0 Å². The second-order valence-electron chi connectivity index (χ2n) is 2.35. The van der Waals surface area contributed by atoms with Gasteiger partial charge in [0.1, 0.15) is 0 Å². The number of hydrogen-bond acceptors (Lipinski definition) is 4. The largest absolute Gasteiger partial charge is 0.772 e. The maximum Gasteiger partial charge on any atom is 0.264 e. The summed E-state index contributed by atoms with van der Waals surface area (Å²) in [6.45, 7) is 0. The molecule has 1 unspecified atom stereocenters. The van der Waals surface area contributed by atoms with E-state index in [1.165, 1.54) is 0 Å². The Labute approximate surface area is 74.2 Å². The van der Waals surface area contributed by atoms with Crippen LogP contribution in [0.15, 0.2) is 0 Å². The molecular weight excluding hydrogens is 204 g/mol. The van der Waals surface area contributed by atoms with Crippen molar-refractivity contribution >= 4 is 21.2 Å². The van der Waals surface area contributed by atoms with Crippen molar-refractivity contribution in [3.8, 4) is 0 Å². The molecule has 1 N–H and O–H groups in total. The second-order valence-corrected chi connectivity index (χ2v) is 4.94. The monoisotopic (exact) mass is 215 g/mol. The van der Waals surface area contributed by atoms with Gasteiger partial charge in [-0.1, -0.05) is 17.5 Å². The lowest BCUT2D eigenvalue weighted by Gasteiger charge is -2.02. The summed E-state index contributed by atoms with van der Waals surface area (Å²) in [6.07, 6.45) is 1.23. The summed E-state index contributed by atoms with van der Waals surface area (Å²) >= 11 is -2.05. The third kappa shape index (κ3) is 10.0. The molecule has 0 fully saturated rings. The maximum atomic E-state index is 10.2. The molecule has 0 radical (unpaired) electrons. The van der Waals surface area contributed by atoms with Crippen molar-refractivity contribution in [1.82, 2.24) is 0 Å². The molecule has 1 atom stereocenters. The fourth-order valence-electron chi connectivity index (χ4n) is 0.681. The molecule has 0 saturated heterocycles. The van der Waals surface area contributed by atoms with Gasteiger partial charge < -0.3 is 4.55 Å². The Morgan fingerprint density at radius 1 is 1.25 bits per heavy atom. The van der Waals surface area contributed by atoms with Crippen LogP contribution in [0.25, 0.3) is 0 Å². The van der Waals surface area contributed by atoms with Crippen LogP contribution in [0.4, 0.5) is 0 Å². The van der Waals surface area contributed by atoms with Gasteiger partial charge >= 0.3 is 0 Å². The first-order chi connectivity index (χ1) is 5.42. The molecule has 0 amide bonds. The Morgan fingerprint density at radius 3 is 2.25 bits per heavy atom. The molecule has 0 aliphatic heterocycles. The van der Waals surface area contributed by atoms with Crippen LogP contribution in [0.3, 0.4) is 0 Å². The van der Waals surface area contributed by atoms with Gasteiger partial charge in [0.15, 0.2) is 0 Å². The van der Waals surface area contributed by atoms with Gasteiger partial charge in [0, 0.05) is 5.75 Å². The molecule has 0 aromatic carbocycles. The van der Waals surface area contributed by atoms with E-state index in [2.05, 4.69) is 0 Å². The molecule has 7 heteroatoms. The minimum Gasteiger partial charge on any atom is -0.772 e. The van der Waals surface area contributed by atoms with E-state index in [1.807, 2.05) is 0 Å². The lowest BCUT2D eigenvalue weighted by molar-refractivity contribution is 0.480. The molecule has 0 aromatic rings. The van der Waals surface area contributed by atoms with Gasteiger partial charge in [-0.3, -0.25) is 8.76 Å². The molecule has 0 aromatic heterocycles. The highest BCUT2D eigenvalue weighted by Crippen LogP contribution is 1.98. The van der Waals surface area contributed by atoms with Gasteiger partial charge in [-0.05, 0) is 12.8 Å². The molecule has 0 saturated carbocycles. The molecule has 0 heterocycles. The van der Waals surface area contributed by atoms with Gasteiger partial charge in [0.25, 0.3) is 10.1 Å². The predicted molar refractivity (Wildman–Crippen MR) is 44.1 cm³/mol. The van der Waals surface area contributed by atoms with E-state index in [-0.39, 0.29) is 11.5 Å². The first kappa shape index (κ1) is 12.0. The molecule has 0 aliphatic carbocycles. The zero-order valence-electron chi connectivity index (χ0n) is 6.43. The van der Waals surface area contributed by atoms with E-state index < -0.39 is 21.2 Å². The summed E-state index contributed by atoms with van der Waals surface area (Å²) in [6, 6.07) is 0. The first-order valence-electron chi connectivity index (χ1n) is 3.43. The van der Waals surface area contributed by atoms with Crippen LogP contribution in [0.1, 0.15) is 19.3 Å². The first-order valence-corrected chi connectivity index (χ1v) is 6.28. The van der Waals surface area contributed by atoms with Crippen molar-refractivity contribution in [1.29, 1.82) is 0 Å². The van der Waals surface area contributed by atoms with E-state index in [1.54, 1.807) is 0 Å². The Kier molecular flexibility index (Phi) is 5.64. The fourth-order valence-corrected chi connectivity index (χ4v) is 1.69. The SMILES string of the molecule is O=S([O-])CCCCCS(=O)(=O)O. The molecule has 74 valence electrons. The van der Waals surface area contributed by atoms with Crippen molar-refractivity contribution in [2.45, 2.75) is 19.3 Å². The Morgan fingerprint density at radius 2 is 1.83 bits per heavy atom. The average Bonchev–Trinajstić information content (AvgIpc) is 1.83. The van der Waals surface area contributed by atoms with Crippen LogP contribution in [-0.2, 0) is 21.2 Å². The molecule has 0 bridgehead atoms. The minimum atomic E-state index is -3.88. The summed E-state index contributed by atoms with van der Waals surface area (Å²) < 4.78 is 48.6. The predicted octanol–water partition coefficient (Wildman–Crippen LogP) is -0.0764. The van der Waals surface area contributed by atoms with Crippen molar-refractivity contribution in [3.63, 3.8) is 0 Å². The lowest BCUT2D eigenvalue weighted by atomic mass is 10.3. The van der Waals surface area contributed by atoms with Crippen LogP contribution in [0.2, 0.25) is 0 Å². The zero-order chi connectivity index (χ0) is 9.61. The van der Waals surface area contributed by atoms with Crippen molar-refractivity contribution in [3.05, 3.63) is 0 Å². The molecule has 12 heavy (non-hydrogen) atoms. The van der Waals surface area contributed by atoms with E-state index in [0.29, 0.717) is 19.3 Å². The third-order valence-electron chi connectivity index (χ3n) is 1.21. The molecular formula is C5H11O5S2-. The van der Waals surface area contributed by atoms with E-state index in [4.69, 9.17) is 4.55 Å². The Balaban J connectivity index is 3.29. The van der Waals surface area contributed by atoms with Gasteiger partial charge in [-0.2, -0.15) is 8.42 Å². The summed E-state index contributed by atoms with van der Waals surface area (Å²) in [5.41, 5.74) is 0. The van der Waals surface area contributed by atoms with Gasteiger partial charge in [-0.25, -0.2) is 0 Å². The molecule has 0 rings (SSSR count). The van der Waals surface area contributed by atoms with Crippen LogP contribution in [-0.4, -0.2) is 33.2 Å². The van der Waals surface area contributed by atoms with Crippen LogP contribution >= 0.6 is 0 Å². The van der Waals surface area contributed by atoms with Gasteiger partial charge in [0.05, 0.1) is 5.75 Å². The average molecular weight is 215 g/mol. The number of hydrogen-bond donors (Lipinski definition) is 1. The fraction of sp³-hybridized carbons (Fsp3) is 1.00. The third-order valence-corrected chi connectivity index (χ3v) is 2.64. The highest BCUT2D eigenvalue weighted by atomic mass is 32.2. The van der Waals surface area contributed by atoms with E-state index >= 15 is 0 Å². The van der Waals surface area contributed by atoms with Crippen molar-refractivity contribution in [2.75, 3.05) is 11.5 Å². The Hall–Kier alpha value is 0.0200. The number of unbranched alkanes of at least 4 members (excludes halogenated alkanes) is 2. The summed E-state index contributed by atoms with van der Waals surface area (Å²) in [7, 11) is -3.88. The van der Waals surface area contributed by atoms with Crippen LogP contribution < -0.4 is 0 Å². The highest BCUT2D eigenvalue weighted by molar-refractivity contribution is 7.85. The van der Waals surface area contributed by atoms with Gasteiger partial charge in [-0.15, -0.1) is 0 Å². The van der Waals surface area contributed by atoms with Crippen molar-refractivity contribution in [2.24, 2.45) is 0 Å². The van der Waals surface area contributed by atoms with Gasteiger partial charge in [0.2, 0.25) is 0 Å². The molecule has 5 nitrogen and oxygen atoms in total. The summed E-state index contributed by atoms with van der Waals surface area (Å²) in [4.78, 5) is 0. The van der Waals surface area contributed by atoms with Crippen LogP contribution in [0, 0.1) is 0 Å². The Bertz CT molecular complexity index is 232. The minimum absolute atomic E-state index is 0.0471. The topological polar surface area (TPSA) is 94.5 Å². The van der Waals surface area contributed by atoms with Crippen LogP contribution in [0.5, 0.6) is 0 Å². The van der Waals surface area contributed by atoms with E-state index in [9.17, 15) is 17.2 Å². The molecule has 0 aliphatic rings. The summed E-state index contributed by atoms with van der Waals surface area (Å²) in [5.74, 6) is -0.246. The zero-order valence-corrected chi connectivity index (χ0v) is 8.07.